The number of anilines is 1. The van der Waals surface area contributed by atoms with E-state index in [9.17, 15) is 13.9 Å². The van der Waals surface area contributed by atoms with Crippen LogP contribution in [0, 0.1) is 0 Å². The van der Waals surface area contributed by atoms with Gasteiger partial charge in [0.25, 0.3) is 0 Å². The molecule has 1 aromatic carbocycles. The van der Waals surface area contributed by atoms with Gasteiger partial charge in [0, 0.05) is 34.1 Å². The molecule has 0 aliphatic carbocycles. The van der Waals surface area contributed by atoms with Gasteiger partial charge in [-0.25, -0.2) is 0 Å². The molecule has 0 saturated carbocycles. The third kappa shape index (κ3) is 3.44. The Morgan fingerprint density at radius 1 is 1.67 bits per heavy atom. The first kappa shape index (κ1) is 12.4. The fourth-order valence-corrected chi connectivity index (χ4v) is 1.65. The zero-order chi connectivity index (χ0) is 11.4. The topological polar surface area (TPSA) is 98.4 Å². The van der Waals surface area contributed by atoms with E-state index in [1.807, 2.05) is 0 Å². The largest absolute Gasteiger partial charge is 0.755 e. The first-order valence-corrected chi connectivity index (χ1v) is 5.53. The van der Waals surface area contributed by atoms with Crippen LogP contribution in [0.3, 0.4) is 0 Å². The van der Waals surface area contributed by atoms with E-state index >= 15 is 0 Å². The summed E-state index contributed by atoms with van der Waals surface area (Å²) in [6.45, 7) is 0.0175. The molecule has 0 bridgehead atoms. The third-order valence-electron chi connectivity index (χ3n) is 1.78. The summed E-state index contributed by atoms with van der Waals surface area (Å²) in [4.78, 5) is 0. The van der Waals surface area contributed by atoms with E-state index in [2.05, 4.69) is 4.72 Å². The Morgan fingerprint density at radius 3 is 2.87 bits per heavy atom. The van der Waals surface area contributed by atoms with Crippen molar-refractivity contribution in [2.24, 2.45) is 5.73 Å². The summed E-state index contributed by atoms with van der Waals surface area (Å²) in [7, 11) is 0. The van der Waals surface area contributed by atoms with Gasteiger partial charge in [0.2, 0.25) is 0 Å². The molecule has 2 unspecified atom stereocenters. The highest BCUT2D eigenvalue weighted by molar-refractivity contribution is 7.80. The third-order valence-corrected chi connectivity index (χ3v) is 2.53. The summed E-state index contributed by atoms with van der Waals surface area (Å²) in [6.07, 6.45) is -0.903. The van der Waals surface area contributed by atoms with Crippen LogP contribution in [-0.4, -0.2) is 20.4 Å². The maximum Gasteiger partial charge on any atom is 0.0927 e. The molecule has 2 atom stereocenters. The second-order valence-electron chi connectivity index (χ2n) is 2.82. The van der Waals surface area contributed by atoms with Gasteiger partial charge in [-0.3, -0.25) is 4.21 Å². The van der Waals surface area contributed by atoms with Gasteiger partial charge in [0.1, 0.15) is 0 Å². The van der Waals surface area contributed by atoms with E-state index in [-0.39, 0.29) is 6.54 Å². The van der Waals surface area contributed by atoms with E-state index in [0.717, 1.165) is 0 Å². The lowest BCUT2D eigenvalue weighted by molar-refractivity contribution is 0.187. The minimum Gasteiger partial charge on any atom is -0.755 e. The molecule has 7 heteroatoms. The molecule has 1 rings (SSSR count). The van der Waals surface area contributed by atoms with Crippen LogP contribution in [-0.2, 0) is 11.3 Å². The average molecular weight is 250 g/mol. The van der Waals surface area contributed by atoms with E-state index in [4.69, 9.17) is 17.3 Å². The van der Waals surface area contributed by atoms with Crippen LogP contribution in [0.4, 0.5) is 5.69 Å². The van der Waals surface area contributed by atoms with Crippen molar-refractivity contribution in [2.45, 2.75) is 6.10 Å². The van der Waals surface area contributed by atoms with E-state index < -0.39 is 17.4 Å². The van der Waals surface area contributed by atoms with Gasteiger partial charge < -0.3 is 20.1 Å². The molecule has 0 aromatic heterocycles. The van der Waals surface area contributed by atoms with Gasteiger partial charge in [-0.1, -0.05) is 11.6 Å². The SMILES string of the molecule is NCC(O)c1cc(NS(=O)[O-])ccc1Cl. The number of nitrogens with one attached hydrogen (secondary N) is 1. The quantitative estimate of drug-likeness (QED) is 0.678. The molecule has 4 N–H and O–H groups in total. The van der Waals surface area contributed by atoms with E-state index in [1.54, 1.807) is 0 Å². The van der Waals surface area contributed by atoms with Crippen LogP contribution in [0.1, 0.15) is 11.7 Å². The Morgan fingerprint density at radius 2 is 2.33 bits per heavy atom. The summed E-state index contributed by atoms with van der Waals surface area (Å²) in [5, 5.41) is 9.82. The Hall–Kier alpha value is -0.660. The molecule has 0 saturated heterocycles. The van der Waals surface area contributed by atoms with Crippen LogP contribution in [0.5, 0.6) is 0 Å². The van der Waals surface area contributed by atoms with Gasteiger partial charge in [0.15, 0.2) is 0 Å². The lowest BCUT2D eigenvalue weighted by Gasteiger charge is -2.14. The fourth-order valence-electron chi connectivity index (χ4n) is 1.09. The summed E-state index contributed by atoms with van der Waals surface area (Å²) in [5.74, 6) is 0. The van der Waals surface area contributed by atoms with Crippen LogP contribution < -0.4 is 10.5 Å². The molecule has 0 amide bonds. The second kappa shape index (κ2) is 5.43. The van der Waals surface area contributed by atoms with Crippen LogP contribution in [0.2, 0.25) is 5.02 Å². The minimum absolute atomic E-state index is 0.0175. The number of aliphatic hydroxyl groups is 1. The van der Waals surface area contributed by atoms with Gasteiger partial charge in [-0.2, -0.15) is 0 Å². The first-order valence-electron chi connectivity index (χ1n) is 4.08. The summed E-state index contributed by atoms with van der Waals surface area (Å²) in [6, 6.07) is 4.42. The first-order chi connectivity index (χ1) is 7.04. The Kier molecular flexibility index (Phi) is 4.49. The molecule has 0 aliphatic rings. The smallest absolute Gasteiger partial charge is 0.0927 e. The Labute approximate surface area is 94.7 Å². The highest BCUT2D eigenvalue weighted by Crippen LogP contribution is 2.25. The summed E-state index contributed by atoms with van der Waals surface area (Å²) in [5.41, 5.74) is 6.00. The van der Waals surface area contributed by atoms with Crippen LogP contribution >= 0.6 is 11.6 Å². The van der Waals surface area contributed by atoms with Crippen molar-refractivity contribution < 1.29 is 13.9 Å². The van der Waals surface area contributed by atoms with Crippen LogP contribution in [0.15, 0.2) is 18.2 Å². The Balaban J connectivity index is 2.99. The predicted octanol–water partition coefficient (Wildman–Crippen LogP) is 0.538. The zero-order valence-electron chi connectivity index (χ0n) is 7.64. The van der Waals surface area contributed by atoms with E-state index in [0.29, 0.717) is 16.3 Å². The number of rotatable bonds is 4. The molecule has 0 fully saturated rings. The van der Waals surface area contributed by atoms with Crippen LogP contribution in [0.25, 0.3) is 0 Å². The molecular weight excluding hydrogens is 240 g/mol. The average Bonchev–Trinajstić information content (AvgIpc) is 2.19. The summed E-state index contributed by atoms with van der Waals surface area (Å²) >= 11 is 3.41. The van der Waals surface area contributed by atoms with Crippen molar-refractivity contribution in [3.63, 3.8) is 0 Å². The molecule has 0 aliphatic heterocycles. The molecule has 1 aromatic rings. The predicted molar refractivity (Wildman–Crippen MR) is 58.0 cm³/mol. The van der Waals surface area contributed by atoms with Gasteiger partial charge in [-0.05, 0) is 18.2 Å². The van der Waals surface area contributed by atoms with Gasteiger partial charge in [0.05, 0.1) is 6.10 Å². The van der Waals surface area contributed by atoms with Crippen molar-refractivity contribution in [3.05, 3.63) is 28.8 Å². The fraction of sp³-hybridized carbons (Fsp3) is 0.250. The van der Waals surface area contributed by atoms with Crippen molar-refractivity contribution in [3.8, 4) is 0 Å². The zero-order valence-corrected chi connectivity index (χ0v) is 9.22. The number of halogens is 1. The minimum atomic E-state index is -2.40. The normalized spacial score (nSPS) is 14.7. The number of hydrogen-bond acceptors (Lipinski definition) is 4. The molecule has 5 nitrogen and oxygen atoms in total. The maximum absolute atomic E-state index is 10.4. The van der Waals surface area contributed by atoms with Gasteiger partial charge >= 0.3 is 0 Å². The van der Waals surface area contributed by atoms with Gasteiger partial charge in [-0.15, -0.1) is 0 Å². The monoisotopic (exact) mass is 249 g/mol. The maximum atomic E-state index is 10.4. The number of aliphatic hydroxyl groups excluding tert-OH is 1. The summed E-state index contributed by atoms with van der Waals surface area (Å²) < 4.78 is 22.9. The molecule has 15 heavy (non-hydrogen) atoms. The van der Waals surface area contributed by atoms with Crippen molar-refractivity contribution >= 4 is 28.6 Å². The number of nitrogens with two attached hydrogens (primary N) is 1. The standard InChI is InChI=1S/C8H11ClN2O3S/c9-7-2-1-5(11-15(13)14)3-6(7)8(12)4-10/h1-3,8,11-12H,4,10H2,(H,13,14)/p-1. The molecule has 0 radical (unpaired) electrons. The lowest BCUT2D eigenvalue weighted by atomic mass is 10.1. The number of benzene rings is 1. The highest BCUT2D eigenvalue weighted by atomic mass is 35.5. The molecule has 0 heterocycles. The van der Waals surface area contributed by atoms with E-state index in [1.165, 1.54) is 18.2 Å². The molecule has 0 spiro atoms. The van der Waals surface area contributed by atoms with Crippen molar-refractivity contribution in [1.82, 2.24) is 0 Å². The lowest BCUT2D eigenvalue weighted by Crippen LogP contribution is -2.12. The Bertz CT molecular complexity index is 375. The number of hydrogen-bond donors (Lipinski definition) is 3. The highest BCUT2D eigenvalue weighted by Gasteiger charge is 2.10. The second-order valence-corrected chi connectivity index (χ2v) is 3.91. The molecular formula is C8H10ClN2O3S-. The molecule has 84 valence electrons. The van der Waals surface area contributed by atoms with Crippen molar-refractivity contribution in [2.75, 3.05) is 11.3 Å². The van der Waals surface area contributed by atoms with Crippen molar-refractivity contribution in [1.29, 1.82) is 0 Å².